The number of amides is 3. The Labute approximate surface area is 143 Å². The average Bonchev–Trinajstić information content (AvgIpc) is 2.75. The van der Waals surface area contributed by atoms with Crippen molar-refractivity contribution in [2.45, 2.75) is 57.6 Å². The second-order valence-corrected chi connectivity index (χ2v) is 5.46. The van der Waals surface area contributed by atoms with Gasteiger partial charge in [-0.1, -0.05) is 26.7 Å². The quantitative estimate of drug-likeness (QED) is 0.201. The van der Waals surface area contributed by atoms with Crippen LogP contribution in [0.3, 0.4) is 0 Å². The number of thiol groups is 1. The van der Waals surface area contributed by atoms with Crippen LogP contribution in [0.15, 0.2) is 0 Å². The molecule has 2 N–H and O–H groups in total. The first-order valence-electron chi connectivity index (χ1n) is 7.81. The van der Waals surface area contributed by atoms with E-state index in [4.69, 9.17) is 0 Å². The minimum absolute atomic E-state index is 0.129. The van der Waals surface area contributed by atoms with Gasteiger partial charge < -0.3 is 4.79 Å². The van der Waals surface area contributed by atoms with Gasteiger partial charge in [-0.05, 0) is 12.8 Å². The van der Waals surface area contributed by atoms with Gasteiger partial charge in [-0.15, -0.1) is 0 Å². The zero-order valence-electron chi connectivity index (χ0n) is 14.2. The molecule has 0 aromatic heterocycles. The lowest BCUT2D eigenvalue weighted by Crippen LogP contribution is -2.31. The molecule has 0 bridgehead atoms. The molecule has 0 spiro atoms. The van der Waals surface area contributed by atoms with E-state index in [2.05, 4.69) is 37.3 Å². The summed E-state index contributed by atoms with van der Waals surface area (Å²) < 4.78 is 0. The van der Waals surface area contributed by atoms with Gasteiger partial charge in [0.15, 0.2) is 0 Å². The van der Waals surface area contributed by atoms with E-state index in [0.29, 0.717) is 19.4 Å². The first kappa shape index (κ1) is 23.9. The van der Waals surface area contributed by atoms with E-state index in [1.807, 2.05) is 0 Å². The number of carbonyl (C=O) groups excluding carboxylic acids is 4. The third kappa shape index (κ3) is 12.8. The number of rotatable bonds is 8. The fourth-order valence-corrected chi connectivity index (χ4v) is 1.93. The number of hydrazine groups is 1. The number of imide groups is 1. The molecular weight excluding hydrogens is 318 g/mol. The second-order valence-electron chi connectivity index (χ2n) is 4.84. The van der Waals surface area contributed by atoms with Gasteiger partial charge in [0.05, 0.1) is 5.25 Å². The Hall–Kier alpha value is -1.41. The van der Waals surface area contributed by atoms with Crippen LogP contribution in [-0.4, -0.2) is 48.3 Å². The summed E-state index contributed by atoms with van der Waals surface area (Å²) in [5.74, 6) is -0.311. The minimum atomic E-state index is -0.451. The van der Waals surface area contributed by atoms with Crippen molar-refractivity contribution in [1.82, 2.24) is 15.8 Å². The summed E-state index contributed by atoms with van der Waals surface area (Å²) in [6.07, 6.45) is 5.94. The molecule has 8 heteroatoms. The first-order chi connectivity index (χ1) is 11.0. The molecule has 134 valence electrons. The van der Waals surface area contributed by atoms with Crippen LogP contribution in [0.2, 0.25) is 0 Å². The molecule has 1 heterocycles. The lowest BCUT2D eigenvalue weighted by Gasteiger charge is -2.13. The highest BCUT2D eigenvalue weighted by Crippen LogP contribution is 2.18. The van der Waals surface area contributed by atoms with Crippen molar-refractivity contribution in [3.05, 3.63) is 0 Å². The van der Waals surface area contributed by atoms with Gasteiger partial charge in [-0.3, -0.25) is 24.7 Å². The summed E-state index contributed by atoms with van der Waals surface area (Å²) in [6, 6.07) is 0. The molecule has 1 atom stereocenters. The van der Waals surface area contributed by atoms with E-state index < -0.39 is 5.25 Å². The molecular formula is C15H29N3O4S. The predicted octanol–water partition coefficient (Wildman–Crippen LogP) is 1.09. The standard InChI is InChI=1S/C10H15NO3S.C3H8.C2H6N2O/c12-6-4-2-1-3-5-11-9(13)7-8(15)10(11)14;1-3-2;1-3-4-2-5/h6,8,15H,1-5,7H2;3H2,1-2H3;2-3H,1H3,(H,4,5). The third-order valence-corrected chi connectivity index (χ3v) is 3.03. The normalized spacial score (nSPS) is 16.0. The fraction of sp³-hybridized carbons (Fsp3) is 0.733. The Morgan fingerprint density at radius 2 is 1.83 bits per heavy atom. The predicted molar refractivity (Wildman–Crippen MR) is 92.9 cm³/mol. The topological polar surface area (TPSA) is 95.6 Å². The Kier molecular flexibility index (Phi) is 17.6. The minimum Gasteiger partial charge on any atom is -0.303 e. The number of unbranched alkanes of at least 4 members (excludes halogenated alkanes) is 3. The van der Waals surface area contributed by atoms with Crippen LogP contribution >= 0.6 is 12.6 Å². The third-order valence-electron chi connectivity index (χ3n) is 2.63. The number of nitrogens with zero attached hydrogens (tertiary/aromatic N) is 1. The molecule has 7 nitrogen and oxygen atoms in total. The summed E-state index contributed by atoms with van der Waals surface area (Å²) >= 11 is 4.03. The van der Waals surface area contributed by atoms with Crippen LogP contribution in [0.4, 0.5) is 0 Å². The average molecular weight is 347 g/mol. The summed E-state index contributed by atoms with van der Waals surface area (Å²) in [6.45, 7) is 4.72. The van der Waals surface area contributed by atoms with Gasteiger partial charge >= 0.3 is 0 Å². The smallest absolute Gasteiger partial charge is 0.242 e. The van der Waals surface area contributed by atoms with Crippen molar-refractivity contribution >= 4 is 37.1 Å². The summed E-state index contributed by atoms with van der Waals surface area (Å²) in [5.41, 5.74) is 4.58. The number of hydrogen-bond donors (Lipinski definition) is 3. The van der Waals surface area contributed by atoms with E-state index in [0.717, 1.165) is 25.5 Å². The van der Waals surface area contributed by atoms with Gasteiger partial charge in [-0.25, -0.2) is 5.43 Å². The van der Waals surface area contributed by atoms with E-state index in [-0.39, 0.29) is 18.2 Å². The monoisotopic (exact) mass is 347 g/mol. The van der Waals surface area contributed by atoms with Crippen LogP contribution in [0.1, 0.15) is 52.4 Å². The van der Waals surface area contributed by atoms with Crippen molar-refractivity contribution < 1.29 is 19.2 Å². The van der Waals surface area contributed by atoms with Crippen LogP contribution in [0.5, 0.6) is 0 Å². The summed E-state index contributed by atoms with van der Waals surface area (Å²) in [4.78, 5) is 43.3. The first-order valence-corrected chi connectivity index (χ1v) is 8.33. The van der Waals surface area contributed by atoms with E-state index in [1.165, 1.54) is 11.3 Å². The number of likely N-dealkylation sites (tertiary alicyclic amines) is 1. The van der Waals surface area contributed by atoms with Crippen molar-refractivity contribution in [3.8, 4) is 0 Å². The van der Waals surface area contributed by atoms with Crippen LogP contribution in [0.25, 0.3) is 0 Å². The summed E-state index contributed by atoms with van der Waals surface area (Å²) in [7, 11) is 1.62. The van der Waals surface area contributed by atoms with Crippen molar-refractivity contribution in [1.29, 1.82) is 0 Å². The van der Waals surface area contributed by atoms with E-state index in [9.17, 15) is 19.2 Å². The van der Waals surface area contributed by atoms with Crippen LogP contribution in [0, 0.1) is 0 Å². The molecule has 0 saturated carbocycles. The maximum Gasteiger partial charge on any atom is 0.242 e. The molecule has 1 rings (SSSR count). The zero-order valence-corrected chi connectivity index (χ0v) is 15.1. The Morgan fingerprint density at radius 3 is 2.17 bits per heavy atom. The second kappa shape index (κ2) is 17.0. The molecule has 0 aliphatic carbocycles. The molecule has 0 aromatic carbocycles. The van der Waals surface area contributed by atoms with Gasteiger partial charge in [-0.2, -0.15) is 12.6 Å². The van der Waals surface area contributed by atoms with E-state index >= 15 is 0 Å². The van der Waals surface area contributed by atoms with Crippen molar-refractivity contribution in [3.63, 3.8) is 0 Å². The van der Waals surface area contributed by atoms with Crippen molar-refractivity contribution in [2.24, 2.45) is 0 Å². The van der Waals surface area contributed by atoms with E-state index in [1.54, 1.807) is 7.05 Å². The largest absolute Gasteiger partial charge is 0.303 e. The van der Waals surface area contributed by atoms with Crippen LogP contribution < -0.4 is 10.9 Å². The summed E-state index contributed by atoms with van der Waals surface area (Å²) in [5, 5.41) is -0.451. The number of carbonyl (C=O) groups is 4. The molecule has 1 fully saturated rings. The van der Waals surface area contributed by atoms with Crippen LogP contribution in [-0.2, 0) is 19.2 Å². The highest BCUT2D eigenvalue weighted by Gasteiger charge is 2.35. The Balaban J connectivity index is 0. The maximum absolute atomic E-state index is 11.4. The fourth-order valence-electron chi connectivity index (χ4n) is 1.63. The molecule has 0 aromatic rings. The van der Waals surface area contributed by atoms with Gasteiger partial charge in [0.2, 0.25) is 18.2 Å². The Morgan fingerprint density at radius 1 is 1.22 bits per heavy atom. The molecule has 1 saturated heterocycles. The zero-order chi connectivity index (χ0) is 18.1. The molecule has 0 radical (unpaired) electrons. The lowest BCUT2D eigenvalue weighted by atomic mass is 10.2. The lowest BCUT2D eigenvalue weighted by molar-refractivity contribution is -0.138. The highest BCUT2D eigenvalue weighted by molar-refractivity contribution is 7.81. The number of aldehydes is 1. The van der Waals surface area contributed by atoms with Gasteiger partial charge in [0.1, 0.15) is 6.29 Å². The number of hydrogen-bond acceptors (Lipinski definition) is 6. The molecule has 3 amide bonds. The van der Waals surface area contributed by atoms with Gasteiger partial charge in [0.25, 0.3) is 0 Å². The molecule has 1 aliphatic heterocycles. The Bertz CT molecular complexity index is 354. The molecule has 23 heavy (non-hydrogen) atoms. The molecule has 1 aliphatic rings. The van der Waals surface area contributed by atoms with Crippen molar-refractivity contribution in [2.75, 3.05) is 13.6 Å². The maximum atomic E-state index is 11.4. The SMILES string of the molecule is CCC.CNNC=O.O=CCCCCCN1C(=O)CC(S)C1=O. The number of nitrogens with one attached hydrogen (secondary N) is 2. The molecule has 1 unspecified atom stereocenters. The van der Waals surface area contributed by atoms with Gasteiger partial charge in [0, 0.05) is 26.4 Å². The highest BCUT2D eigenvalue weighted by atomic mass is 32.1.